The van der Waals surface area contributed by atoms with E-state index in [0.717, 1.165) is 0 Å². The Morgan fingerprint density at radius 1 is 1.16 bits per heavy atom. The van der Waals surface area contributed by atoms with Crippen LogP contribution in [0, 0.1) is 6.92 Å². The quantitative estimate of drug-likeness (QED) is 0.579. The molecule has 0 saturated heterocycles. The van der Waals surface area contributed by atoms with Crippen LogP contribution >= 0.6 is 11.6 Å². The molecule has 0 aromatic heterocycles. The summed E-state index contributed by atoms with van der Waals surface area (Å²) >= 11 is 5.88. The first-order valence-electron chi connectivity index (χ1n) is 7.49. The second kappa shape index (κ2) is 7.95. The van der Waals surface area contributed by atoms with E-state index in [9.17, 15) is 13.5 Å². The molecule has 1 atom stereocenters. The Morgan fingerprint density at radius 2 is 1.84 bits per heavy atom. The van der Waals surface area contributed by atoms with Crippen LogP contribution in [0.4, 0.5) is 0 Å². The average Bonchev–Trinajstić information content (AvgIpc) is 2.53. The summed E-state index contributed by atoms with van der Waals surface area (Å²) in [6.07, 6.45) is -0.596. The van der Waals surface area contributed by atoms with Crippen LogP contribution in [-0.2, 0) is 10.1 Å². The minimum absolute atomic E-state index is 0.0559. The summed E-state index contributed by atoms with van der Waals surface area (Å²) in [5.41, 5.74) is 0.712. The maximum absolute atomic E-state index is 12.6. The summed E-state index contributed by atoms with van der Waals surface area (Å²) in [7, 11) is -2.82. The van der Waals surface area contributed by atoms with Crippen LogP contribution in [0.25, 0.3) is 0 Å². The van der Waals surface area contributed by atoms with Crippen molar-refractivity contribution in [2.24, 2.45) is 0 Å². The van der Waals surface area contributed by atoms with Gasteiger partial charge in [0.2, 0.25) is 0 Å². The molecule has 0 spiro atoms. The van der Waals surface area contributed by atoms with Gasteiger partial charge in [-0.2, -0.15) is 8.42 Å². The lowest BCUT2D eigenvalue weighted by molar-refractivity contribution is -0.0192. The molecule has 136 valence electrons. The number of aliphatic hydroxyl groups excluding tert-OH is 1. The molecule has 1 unspecified atom stereocenters. The normalized spacial score (nSPS) is 12.5. The number of aliphatic hydroxyl groups is 1. The number of hydrogen-bond donors (Lipinski definition) is 1. The second-order valence-electron chi connectivity index (χ2n) is 5.30. The van der Waals surface area contributed by atoms with Gasteiger partial charge in [-0.25, -0.2) is 0 Å². The van der Waals surface area contributed by atoms with Crippen LogP contribution in [0.2, 0.25) is 5.02 Å². The van der Waals surface area contributed by atoms with Crippen molar-refractivity contribution in [2.45, 2.75) is 31.5 Å². The fraction of sp³-hybridized carbons (Fsp3) is 0.294. The van der Waals surface area contributed by atoms with E-state index in [1.54, 1.807) is 26.0 Å². The maximum Gasteiger partial charge on any atom is 0.342 e. The molecule has 1 N–H and O–H groups in total. The first kappa shape index (κ1) is 19.4. The van der Waals surface area contributed by atoms with Crippen LogP contribution < -0.4 is 13.7 Å². The van der Waals surface area contributed by atoms with Gasteiger partial charge in [0.05, 0.1) is 7.11 Å². The lowest BCUT2D eigenvalue weighted by atomic mass is 10.2. The molecule has 0 bridgehead atoms. The lowest BCUT2D eigenvalue weighted by Crippen LogP contribution is -2.14. The largest absolute Gasteiger partial charge is 0.495 e. The number of halogens is 1. The van der Waals surface area contributed by atoms with Gasteiger partial charge in [0.15, 0.2) is 6.29 Å². The molecular formula is C17H19ClO6S. The van der Waals surface area contributed by atoms with Gasteiger partial charge in [-0.3, -0.25) is 0 Å². The third-order valence-electron chi connectivity index (χ3n) is 3.25. The average molecular weight is 387 g/mol. The fourth-order valence-corrected chi connectivity index (χ4v) is 3.43. The molecule has 0 amide bonds. The first-order valence-corrected chi connectivity index (χ1v) is 9.28. The lowest BCUT2D eigenvalue weighted by Gasteiger charge is -2.14. The van der Waals surface area contributed by atoms with Crippen molar-refractivity contribution in [1.29, 1.82) is 0 Å². The molecule has 6 nitrogen and oxygen atoms in total. The summed E-state index contributed by atoms with van der Waals surface area (Å²) < 4.78 is 40.7. The standard InChI is InChI=1S/C17H19ClO6S/c1-4-17(19)23-13-7-11(2)8-14(10-13)24-25(20,21)16-9-12(18)5-6-15(16)22-3/h5-10,17,19H,4H2,1-3H3. The molecule has 25 heavy (non-hydrogen) atoms. The zero-order valence-corrected chi connectivity index (χ0v) is 15.6. The van der Waals surface area contributed by atoms with E-state index in [1.807, 2.05) is 0 Å². The highest BCUT2D eigenvalue weighted by molar-refractivity contribution is 7.87. The molecule has 0 radical (unpaired) electrons. The van der Waals surface area contributed by atoms with E-state index in [-0.39, 0.29) is 21.4 Å². The molecule has 2 rings (SSSR count). The molecule has 0 aliphatic carbocycles. The Bertz CT molecular complexity index is 850. The van der Waals surface area contributed by atoms with E-state index < -0.39 is 16.4 Å². The van der Waals surface area contributed by atoms with Crippen molar-refractivity contribution in [3.63, 3.8) is 0 Å². The molecule has 0 fully saturated rings. The van der Waals surface area contributed by atoms with Crippen molar-refractivity contribution >= 4 is 21.7 Å². The number of aryl methyl sites for hydroxylation is 1. The van der Waals surface area contributed by atoms with Crippen LogP contribution in [0.15, 0.2) is 41.3 Å². The summed E-state index contributed by atoms with van der Waals surface area (Å²) in [5, 5.41) is 9.83. The van der Waals surface area contributed by atoms with E-state index in [2.05, 4.69) is 0 Å². The summed E-state index contributed by atoms with van der Waals surface area (Å²) in [6, 6.07) is 8.81. The Hall–Kier alpha value is -1.96. The van der Waals surface area contributed by atoms with E-state index in [0.29, 0.717) is 17.7 Å². The Kier molecular flexibility index (Phi) is 6.16. The summed E-state index contributed by atoms with van der Waals surface area (Å²) in [5.74, 6) is 0.480. The highest BCUT2D eigenvalue weighted by Crippen LogP contribution is 2.31. The van der Waals surface area contributed by atoms with Gasteiger partial charge in [0.1, 0.15) is 22.1 Å². The Balaban J connectivity index is 2.36. The third-order valence-corrected chi connectivity index (χ3v) is 4.75. The van der Waals surface area contributed by atoms with Gasteiger partial charge in [0.25, 0.3) is 0 Å². The zero-order chi connectivity index (χ0) is 18.6. The first-order chi connectivity index (χ1) is 11.7. The Morgan fingerprint density at radius 3 is 2.48 bits per heavy atom. The van der Waals surface area contributed by atoms with Crippen molar-refractivity contribution in [3.8, 4) is 17.2 Å². The van der Waals surface area contributed by atoms with E-state index >= 15 is 0 Å². The topological polar surface area (TPSA) is 82.1 Å². The highest BCUT2D eigenvalue weighted by atomic mass is 35.5. The third kappa shape index (κ3) is 5.01. The second-order valence-corrected chi connectivity index (χ2v) is 7.25. The van der Waals surface area contributed by atoms with Gasteiger partial charge in [-0.05, 0) is 42.8 Å². The van der Waals surface area contributed by atoms with Crippen LogP contribution in [0.1, 0.15) is 18.9 Å². The minimum atomic E-state index is -4.17. The number of methoxy groups -OCH3 is 1. The summed E-state index contributed by atoms with van der Waals surface area (Å²) in [6.45, 7) is 3.51. The van der Waals surface area contributed by atoms with Crippen LogP contribution in [-0.4, -0.2) is 26.9 Å². The van der Waals surface area contributed by atoms with E-state index in [1.165, 1.54) is 31.4 Å². The van der Waals surface area contributed by atoms with Gasteiger partial charge in [-0.1, -0.05) is 18.5 Å². The number of hydrogen-bond acceptors (Lipinski definition) is 6. The minimum Gasteiger partial charge on any atom is -0.495 e. The molecule has 0 heterocycles. The molecule has 2 aromatic rings. The van der Waals surface area contributed by atoms with E-state index in [4.69, 9.17) is 25.3 Å². The zero-order valence-electron chi connectivity index (χ0n) is 14.0. The SMILES string of the molecule is CCC(O)Oc1cc(C)cc(OS(=O)(=O)c2cc(Cl)ccc2OC)c1. The van der Waals surface area contributed by atoms with Gasteiger partial charge in [0, 0.05) is 17.5 Å². The maximum atomic E-state index is 12.6. The molecule has 0 saturated carbocycles. The molecule has 0 aliphatic rings. The fourth-order valence-electron chi connectivity index (χ4n) is 2.09. The van der Waals surface area contributed by atoms with Crippen LogP contribution in [0.3, 0.4) is 0 Å². The van der Waals surface area contributed by atoms with Crippen molar-refractivity contribution < 1.29 is 27.2 Å². The smallest absolute Gasteiger partial charge is 0.342 e. The van der Waals surface area contributed by atoms with Gasteiger partial charge >= 0.3 is 10.1 Å². The molecule has 0 aliphatic heterocycles. The molecule has 8 heteroatoms. The highest BCUT2D eigenvalue weighted by Gasteiger charge is 2.23. The van der Waals surface area contributed by atoms with Crippen molar-refractivity contribution in [2.75, 3.05) is 7.11 Å². The monoisotopic (exact) mass is 386 g/mol. The van der Waals surface area contributed by atoms with Crippen molar-refractivity contribution in [3.05, 3.63) is 47.0 Å². The van der Waals surface area contributed by atoms with Crippen molar-refractivity contribution in [1.82, 2.24) is 0 Å². The summed E-state index contributed by atoms with van der Waals surface area (Å²) in [4.78, 5) is -0.180. The van der Waals surface area contributed by atoms with Crippen LogP contribution in [0.5, 0.6) is 17.2 Å². The number of ether oxygens (including phenoxy) is 2. The predicted octanol–water partition coefficient (Wildman–Crippen LogP) is 3.53. The van der Waals surface area contributed by atoms with Gasteiger partial charge < -0.3 is 18.8 Å². The Labute approximate surface area is 152 Å². The van der Waals surface area contributed by atoms with Gasteiger partial charge in [-0.15, -0.1) is 0 Å². The predicted molar refractivity (Wildman–Crippen MR) is 93.9 cm³/mol. The molecular weight excluding hydrogens is 368 g/mol. The number of benzene rings is 2. The molecule has 2 aromatic carbocycles. The number of rotatable bonds is 7.